The molecule has 5 aromatic rings. The Kier molecular flexibility index (Phi) is 10.1. The van der Waals surface area contributed by atoms with Gasteiger partial charge in [0.05, 0.1) is 5.69 Å². The van der Waals surface area contributed by atoms with Crippen LogP contribution in [-0.4, -0.2) is 17.7 Å². The van der Waals surface area contributed by atoms with Crippen molar-refractivity contribution in [1.29, 1.82) is 0 Å². The summed E-state index contributed by atoms with van der Waals surface area (Å²) >= 11 is 1.22. The van der Waals surface area contributed by atoms with Crippen LogP contribution >= 0.6 is 11.8 Å². The Labute approximate surface area is 263 Å². The third kappa shape index (κ3) is 8.31. The molecule has 0 spiro atoms. The van der Waals surface area contributed by atoms with Crippen LogP contribution in [0.4, 0.5) is 20.2 Å². The van der Waals surface area contributed by atoms with Gasteiger partial charge in [0.25, 0.3) is 11.8 Å². The molecule has 0 radical (unpaired) electrons. The maximum atomic E-state index is 14.5. The molecule has 45 heavy (non-hydrogen) atoms. The van der Waals surface area contributed by atoms with Crippen LogP contribution in [0.3, 0.4) is 0 Å². The number of anilines is 2. The van der Waals surface area contributed by atoms with Crippen LogP contribution in [0.25, 0.3) is 6.08 Å². The van der Waals surface area contributed by atoms with Gasteiger partial charge in [-0.1, -0.05) is 84.9 Å². The summed E-state index contributed by atoms with van der Waals surface area (Å²) in [6, 6.07) is 36.0. The molecule has 0 saturated heterocycles. The van der Waals surface area contributed by atoms with Gasteiger partial charge in [-0.2, -0.15) is 0 Å². The van der Waals surface area contributed by atoms with Gasteiger partial charge in [0.15, 0.2) is 0 Å². The largest absolute Gasteiger partial charge is 0.322 e. The summed E-state index contributed by atoms with van der Waals surface area (Å²) in [5.74, 6) is -2.75. The molecular formula is C36H27F2N3O3S. The Morgan fingerprint density at radius 1 is 0.667 bits per heavy atom. The minimum Gasteiger partial charge on any atom is -0.322 e. The molecule has 1 atom stereocenters. The smallest absolute Gasteiger partial charge is 0.272 e. The lowest BCUT2D eigenvalue weighted by atomic mass is 10.1. The van der Waals surface area contributed by atoms with Gasteiger partial charge in [-0.3, -0.25) is 14.4 Å². The third-order valence-corrected chi connectivity index (χ3v) is 7.80. The molecule has 5 rings (SSSR count). The molecule has 1 unspecified atom stereocenters. The van der Waals surface area contributed by atoms with Gasteiger partial charge < -0.3 is 16.0 Å². The van der Waals surface area contributed by atoms with Crippen molar-refractivity contribution in [1.82, 2.24) is 5.32 Å². The van der Waals surface area contributed by atoms with Gasteiger partial charge in [0.1, 0.15) is 22.6 Å². The van der Waals surface area contributed by atoms with Crippen LogP contribution in [0.1, 0.15) is 26.7 Å². The molecule has 9 heteroatoms. The highest BCUT2D eigenvalue weighted by Crippen LogP contribution is 2.37. The zero-order valence-electron chi connectivity index (χ0n) is 23.7. The maximum Gasteiger partial charge on any atom is 0.272 e. The van der Waals surface area contributed by atoms with E-state index < -0.39 is 34.6 Å². The van der Waals surface area contributed by atoms with E-state index in [9.17, 15) is 23.2 Å². The number of benzene rings is 5. The molecule has 0 aliphatic heterocycles. The predicted molar refractivity (Wildman–Crippen MR) is 173 cm³/mol. The number of carbonyl (C=O) groups is 3. The van der Waals surface area contributed by atoms with Crippen molar-refractivity contribution < 1.29 is 23.2 Å². The van der Waals surface area contributed by atoms with Crippen molar-refractivity contribution in [2.24, 2.45) is 0 Å². The zero-order valence-corrected chi connectivity index (χ0v) is 24.6. The molecule has 0 aromatic heterocycles. The van der Waals surface area contributed by atoms with E-state index in [2.05, 4.69) is 16.0 Å². The summed E-state index contributed by atoms with van der Waals surface area (Å²) in [5.41, 5.74) is 1.41. The van der Waals surface area contributed by atoms with Crippen molar-refractivity contribution in [2.45, 2.75) is 10.1 Å². The van der Waals surface area contributed by atoms with E-state index in [0.717, 1.165) is 0 Å². The first kappa shape index (κ1) is 30.9. The molecule has 0 aliphatic carbocycles. The fourth-order valence-electron chi connectivity index (χ4n) is 4.33. The Morgan fingerprint density at radius 3 is 2.02 bits per heavy atom. The van der Waals surface area contributed by atoms with E-state index in [0.29, 0.717) is 21.7 Å². The Morgan fingerprint density at radius 2 is 1.31 bits per heavy atom. The summed E-state index contributed by atoms with van der Waals surface area (Å²) in [6.45, 7) is 0. The van der Waals surface area contributed by atoms with Crippen molar-refractivity contribution in [2.75, 3.05) is 10.6 Å². The molecule has 0 bridgehead atoms. The van der Waals surface area contributed by atoms with E-state index in [1.807, 2.05) is 18.2 Å². The SMILES string of the molecule is O=C(Nc1cccc(SC(C(=O)Nc2ccccc2F)c2ccccc2)c1)/C(=C/c1ccccc1F)NC(=O)c1ccccc1. The summed E-state index contributed by atoms with van der Waals surface area (Å²) < 4.78 is 28.8. The second-order valence-corrected chi connectivity index (χ2v) is 10.9. The highest BCUT2D eigenvalue weighted by Gasteiger charge is 2.23. The standard InChI is InChI=1S/C36H27F2N3O3S/c37-29-19-8-7-16-26(29)22-32(41-34(42)25-14-5-2-6-15-25)35(43)39-27-17-11-18-28(23-27)45-33(24-12-3-1-4-13-24)36(44)40-31-21-10-9-20-30(31)38/h1-23,33H,(H,39,43)(H,40,44)(H,41,42)/b32-22-. The van der Waals surface area contributed by atoms with Crippen molar-refractivity contribution in [3.05, 3.63) is 167 Å². The number of hydrogen-bond donors (Lipinski definition) is 3. The molecule has 6 nitrogen and oxygen atoms in total. The topological polar surface area (TPSA) is 87.3 Å². The maximum absolute atomic E-state index is 14.5. The first-order valence-electron chi connectivity index (χ1n) is 13.9. The molecular weight excluding hydrogens is 592 g/mol. The number of para-hydroxylation sites is 1. The van der Waals surface area contributed by atoms with Gasteiger partial charge in [0.2, 0.25) is 5.91 Å². The van der Waals surface area contributed by atoms with Crippen molar-refractivity contribution in [3.63, 3.8) is 0 Å². The number of hydrogen-bond acceptors (Lipinski definition) is 4. The van der Waals surface area contributed by atoms with Crippen molar-refractivity contribution in [3.8, 4) is 0 Å². The number of carbonyl (C=O) groups excluding carboxylic acids is 3. The lowest BCUT2D eigenvalue weighted by molar-refractivity contribution is -0.116. The molecule has 3 N–H and O–H groups in total. The average molecular weight is 620 g/mol. The number of rotatable bonds is 10. The molecule has 0 heterocycles. The van der Waals surface area contributed by atoms with Gasteiger partial charge >= 0.3 is 0 Å². The lowest BCUT2D eigenvalue weighted by Crippen LogP contribution is -2.30. The summed E-state index contributed by atoms with van der Waals surface area (Å²) in [7, 11) is 0. The fourth-order valence-corrected chi connectivity index (χ4v) is 5.42. The first-order valence-corrected chi connectivity index (χ1v) is 14.8. The summed E-state index contributed by atoms with van der Waals surface area (Å²) in [5, 5.41) is 7.27. The average Bonchev–Trinajstić information content (AvgIpc) is 3.06. The van der Waals surface area contributed by atoms with Crippen LogP contribution in [0, 0.1) is 11.6 Å². The quantitative estimate of drug-likeness (QED) is 0.110. The Balaban J connectivity index is 1.38. The Hall–Kier alpha value is -5.54. The highest BCUT2D eigenvalue weighted by molar-refractivity contribution is 8.00. The second kappa shape index (κ2) is 14.8. The molecule has 0 fully saturated rings. The number of amides is 3. The van der Waals surface area contributed by atoms with Crippen LogP contribution in [0.15, 0.2) is 144 Å². The van der Waals surface area contributed by atoms with Crippen LogP contribution < -0.4 is 16.0 Å². The fraction of sp³-hybridized carbons (Fsp3) is 0.0278. The van der Waals surface area contributed by atoms with Gasteiger partial charge in [0, 0.05) is 21.7 Å². The van der Waals surface area contributed by atoms with Gasteiger partial charge in [-0.15, -0.1) is 11.8 Å². The monoisotopic (exact) mass is 619 g/mol. The molecule has 5 aromatic carbocycles. The minimum absolute atomic E-state index is 0.0664. The minimum atomic E-state index is -0.751. The second-order valence-electron chi connectivity index (χ2n) is 9.76. The summed E-state index contributed by atoms with van der Waals surface area (Å²) in [4.78, 5) is 40.4. The Bertz CT molecular complexity index is 1850. The van der Waals surface area contributed by atoms with Crippen LogP contribution in [-0.2, 0) is 9.59 Å². The van der Waals surface area contributed by atoms with E-state index in [1.165, 1.54) is 54.2 Å². The summed E-state index contributed by atoms with van der Waals surface area (Å²) in [6.07, 6.45) is 1.27. The van der Waals surface area contributed by atoms with Crippen LogP contribution in [0.2, 0.25) is 0 Å². The highest BCUT2D eigenvalue weighted by atomic mass is 32.2. The van der Waals surface area contributed by atoms with Gasteiger partial charge in [-0.25, -0.2) is 8.78 Å². The number of halogens is 2. The predicted octanol–water partition coefficient (Wildman–Crippen LogP) is 7.85. The first-order chi connectivity index (χ1) is 21.9. The van der Waals surface area contributed by atoms with Crippen molar-refractivity contribution >= 4 is 46.9 Å². The molecule has 0 aliphatic rings. The normalized spacial score (nSPS) is 11.7. The van der Waals surface area contributed by atoms with Crippen LogP contribution in [0.5, 0.6) is 0 Å². The van der Waals surface area contributed by atoms with E-state index in [-0.39, 0.29) is 16.9 Å². The third-order valence-electron chi connectivity index (χ3n) is 6.55. The zero-order chi connectivity index (χ0) is 31.6. The van der Waals surface area contributed by atoms with E-state index >= 15 is 0 Å². The molecule has 224 valence electrons. The van der Waals surface area contributed by atoms with E-state index in [4.69, 9.17) is 0 Å². The molecule has 0 saturated carbocycles. The lowest BCUT2D eigenvalue weighted by Gasteiger charge is -2.18. The number of nitrogens with one attached hydrogen (secondary N) is 3. The molecule has 3 amide bonds. The van der Waals surface area contributed by atoms with E-state index in [1.54, 1.807) is 78.9 Å². The van der Waals surface area contributed by atoms with Gasteiger partial charge in [-0.05, 0) is 60.2 Å². The number of thioether (sulfide) groups is 1.